The number of fused-ring (bicyclic) bond motifs is 1. The largest absolute Gasteiger partial charge is 0.487 e. The van der Waals surface area contributed by atoms with Gasteiger partial charge in [-0.15, -0.1) is 0 Å². The molecule has 0 spiro atoms. The molecule has 1 aromatic carbocycles. The number of benzene rings is 1. The molecular formula is C20H25N3O2. The molecule has 0 aliphatic carbocycles. The first-order chi connectivity index (χ1) is 12.3. The van der Waals surface area contributed by atoms with Gasteiger partial charge in [0.2, 0.25) is 0 Å². The van der Waals surface area contributed by atoms with Crippen LogP contribution in [-0.4, -0.2) is 29.1 Å². The second kappa shape index (κ2) is 8.65. The van der Waals surface area contributed by atoms with Gasteiger partial charge in [0.25, 0.3) is 0 Å². The first-order valence-electron chi connectivity index (χ1n) is 8.69. The van der Waals surface area contributed by atoms with Gasteiger partial charge in [0.15, 0.2) is 0 Å². The molecule has 25 heavy (non-hydrogen) atoms. The minimum Gasteiger partial charge on any atom is -0.487 e. The number of rotatable bonds is 9. The molecule has 0 atom stereocenters. The van der Waals surface area contributed by atoms with Crippen molar-refractivity contribution in [3.63, 3.8) is 0 Å². The topological polar surface area (TPSA) is 47.8 Å². The van der Waals surface area contributed by atoms with Gasteiger partial charge in [-0.2, -0.15) is 0 Å². The van der Waals surface area contributed by atoms with Crippen LogP contribution in [0.15, 0.2) is 48.8 Å². The fourth-order valence-electron chi connectivity index (χ4n) is 2.66. The van der Waals surface area contributed by atoms with Gasteiger partial charge < -0.3 is 19.2 Å². The predicted molar refractivity (Wildman–Crippen MR) is 98.9 cm³/mol. The standard InChI is InChI=1S/C20H25N3O2/c1-3-24-12-10-21-13-17-6-8-19(9-7-17)25-15-18-14-23-11-4-5-16(2)20(23)22-18/h4-9,11,14,21H,3,10,12-13,15H2,1-2H3. The van der Waals surface area contributed by atoms with E-state index in [2.05, 4.69) is 35.4 Å². The number of hydrogen-bond acceptors (Lipinski definition) is 4. The van der Waals surface area contributed by atoms with Gasteiger partial charge in [-0.3, -0.25) is 0 Å². The normalized spacial score (nSPS) is 11.1. The third-order valence-electron chi connectivity index (χ3n) is 3.99. The number of imidazole rings is 1. The summed E-state index contributed by atoms with van der Waals surface area (Å²) in [4.78, 5) is 4.63. The van der Waals surface area contributed by atoms with Crippen molar-refractivity contribution in [2.75, 3.05) is 19.8 Å². The van der Waals surface area contributed by atoms with E-state index in [1.54, 1.807) is 0 Å². The van der Waals surface area contributed by atoms with Gasteiger partial charge >= 0.3 is 0 Å². The van der Waals surface area contributed by atoms with E-state index in [1.807, 2.05) is 41.9 Å². The van der Waals surface area contributed by atoms with Crippen molar-refractivity contribution < 1.29 is 9.47 Å². The number of hydrogen-bond donors (Lipinski definition) is 1. The Labute approximate surface area is 148 Å². The molecule has 0 aliphatic heterocycles. The zero-order valence-electron chi connectivity index (χ0n) is 14.9. The Kier molecular flexibility index (Phi) is 6.04. The Bertz CT molecular complexity index is 796. The minimum absolute atomic E-state index is 0.465. The van der Waals surface area contributed by atoms with Crippen molar-refractivity contribution in [2.24, 2.45) is 0 Å². The number of nitrogens with zero attached hydrogens (tertiary/aromatic N) is 2. The van der Waals surface area contributed by atoms with Crippen molar-refractivity contribution >= 4 is 5.65 Å². The van der Waals surface area contributed by atoms with Crippen LogP contribution in [0.3, 0.4) is 0 Å². The highest BCUT2D eigenvalue weighted by Crippen LogP contribution is 2.15. The molecule has 2 aromatic heterocycles. The highest BCUT2D eigenvalue weighted by molar-refractivity contribution is 5.47. The maximum Gasteiger partial charge on any atom is 0.140 e. The number of nitrogens with one attached hydrogen (secondary N) is 1. The van der Waals surface area contributed by atoms with Crippen LogP contribution in [0.25, 0.3) is 5.65 Å². The molecular weight excluding hydrogens is 314 g/mol. The van der Waals surface area contributed by atoms with Crippen LogP contribution in [0.1, 0.15) is 23.7 Å². The fourth-order valence-corrected chi connectivity index (χ4v) is 2.66. The molecule has 0 fully saturated rings. The summed E-state index contributed by atoms with van der Waals surface area (Å²) in [5.41, 5.74) is 4.30. The van der Waals surface area contributed by atoms with Crippen molar-refractivity contribution in [1.82, 2.24) is 14.7 Å². The van der Waals surface area contributed by atoms with Crippen LogP contribution in [0.5, 0.6) is 5.75 Å². The molecule has 0 radical (unpaired) electrons. The lowest BCUT2D eigenvalue weighted by Gasteiger charge is -2.07. The summed E-state index contributed by atoms with van der Waals surface area (Å²) in [5, 5.41) is 3.36. The van der Waals surface area contributed by atoms with Gasteiger partial charge in [0.1, 0.15) is 18.0 Å². The van der Waals surface area contributed by atoms with E-state index < -0.39 is 0 Å². The van der Waals surface area contributed by atoms with Crippen molar-refractivity contribution in [3.05, 3.63) is 65.6 Å². The lowest BCUT2D eigenvalue weighted by atomic mass is 10.2. The molecule has 2 heterocycles. The minimum atomic E-state index is 0.465. The molecule has 3 aromatic rings. The average molecular weight is 339 g/mol. The molecule has 0 bridgehead atoms. The zero-order valence-corrected chi connectivity index (χ0v) is 14.9. The van der Waals surface area contributed by atoms with E-state index in [0.29, 0.717) is 6.61 Å². The maximum atomic E-state index is 5.86. The van der Waals surface area contributed by atoms with Gasteiger partial charge in [-0.25, -0.2) is 4.98 Å². The number of aryl methyl sites for hydroxylation is 1. The summed E-state index contributed by atoms with van der Waals surface area (Å²) in [6.07, 6.45) is 4.02. The third kappa shape index (κ3) is 4.81. The molecule has 3 rings (SSSR count). The lowest BCUT2D eigenvalue weighted by Crippen LogP contribution is -2.19. The van der Waals surface area contributed by atoms with E-state index in [0.717, 1.165) is 49.0 Å². The highest BCUT2D eigenvalue weighted by Gasteiger charge is 2.04. The maximum absolute atomic E-state index is 5.86. The molecule has 0 aliphatic rings. The summed E-state index contributed by atoms with van der Waals surface area (Å²) >= 11 is 0. The Balaban J connectivity index is 1.50. The summed E-state index contributed by atoms with van der Waals surface area (Å²) in [6, 6.07) is 12.2. The van der Waals surface area contributed by atoms with E-state index in [9.17, 15) is 0 Å². The van der Waals surface area contributed by atoms with Crippen molar-refractivity contribution in [2.45, 2.75) is 27.0 Å². The zero-order chi connectivity index (χ0) is 17.5. The SMILES string of the molecule is CCOCCNCc1ccc(OCc2cn3cccc(C)c3n2)cc1. The van der Waals surface area contributed by atoms with Gasteiger partial charge in [-0.05, 0) is 43.2 Å². The molecule has 1 N–H and O–H groups in total. The molecule has 132 valence electrons. The first kappa shape index (κ1) is 17.5. The Morgan fingerprint density at radius 1 is 1.16 bits per heavy atom. The van der Waals surface area contributed by atoms with Gasteiger partial charge in [0.05, 0.1) is 12.3 Å². The summed E-state index contributed by atoms with van der Waals surface area (Å²) in [6.45, 7) is 7.74. The quantitative estimate of drug-likeness (QED) is 0.607. The molecule has 5 nitrogen and oxygen atoms in total. The smallest absolute Gasteiger partial charge is 0.140 e. The Hall–Kier alpha value is -2.37. The second-order valence-electron chi connectivity index (χ2n) is 5.96. The van der Waals surface area contributed by atoms with Crippen LogP contribution in [0.2, 0.25) is 0 Å². The third-order valence-corrected chi connectivity index (χ3v) is 3.99. The van der Waals surface area contributed by atoms with Gasteiger partial charge in [-0.1, -0.05) is 18.2 Å². The number of ether oxygens (including phenoxy) is 2. The predicted octanol–water partition coefficient (Wildman–Crippen LogP) is 3.35. The first-order valence-corrected chi connectivity index (χ1v) is 8.69. The van der Waals surface area contributed by atoms with Crippen LogP contribution >= 0.6 is 0 Å². The van der Waals surface area contributed by atoms with Crippen LogP contribution in [-0.2, 0) is 17.9 Å². The van der Waals surface area contributed by atoms with E-state index in [-0.39, 0.29) is 0 Å². The summed E-state index contributed by atoms with van der Waals surface area (Å²) in [7, 11) is 0. The lowest BCUT2D eigenvalue weighted by molar-refractivity contribution is 0.149. The Morgan fingerprint density at radius 2 is 2.00 bits per heavy atom. The molecule has 5 heteroatoms. The average Bonchev–Trinajstić information content (AvgIpc) is 3.05. The summed E-state index contributed by atoms with van der Waals surface area (Å²) in [5.74, 6) is 0.854. The monoisotopic (exact) mass is 339 g/mol. The van der Waals surface area contributed by atoms with E-state index >= 15 is 0 Å². The molecule has 0 amide bonds. The van der Waals surface area contributed by atoms with Crippen LogP contribution in [0, 0.1) is 6.92 Å². The van der Waals surface area contributed by atoms with Gasteiger partial charge in [0, 0.05) is 32.1 Å². The molecule has 0 unspecified atom stereocenters. The summed E-state index contributed by atoms with van der Waals surface area (Å²) < 4.78 is 13.2. The van der Waals surface area contributed by atoms with Crippen molar-refractivity contribution in [1.29, 1.82) is 0 Å². The van der Waals surface area contributed by atoms with Crippen molar-refractivity contribution in [3.8, 4) is 5.75 Å². The number of aromatic nitrogens is 2. The van der Waals surface area contributed by atoms with E-state index in [4.69, 9.17) is 9.47 Å². The van der Waals surface area contributed by atoms with Crippen LogP contribution in [0.4, 0.5) is 0 Å². The second-order valence-corrected chi connectivity index (χ2v) is 5.96. The highest BCUT2D eigenvalue weighted by atomic mass is 16.5. The fraction of sp³-hybridized carbons (Fsp3) is 0.350. The van der Waals surface area contributed by atoms with Crippen LogP contribution < -0.4 is 10.1 Å². The molecule has 0 saturated heterocycles. The molecule has 0 saturated carbocycles. The Morgan fingerprint density at radius 3 is 2.76 bits per heavy atom. The number of pyridine rings is 1. The van der Waals surface area contributed by atoms with E-state index in [1.165, 1.54) is 5.56 Å².